The van der Waals surface area contributed by atoms with Gasteiger partial charge in [0.1, 0.15) is 0 Å². The molecule has 0 saturated carbocycles. The summed E-state index contributed by atoms with van der Waals surface area (Å²) in [6.45, 7) is 2.57. The summed E-state index contributed by atoms with van der Waals surface area (Å²) in [6, 6.07) is 13.4. The molecule has 0 radical (unpaired) electrons. The SMILES string of the molecule is COc1ccc(CC(C)NC[C@H](O)c2ccc(Cl)cc2)cc1OC. The zero-order chi connectivity index (χ0) is 17.5. The van der Waals surface area contributed by atoms with Crippen molar-refractivity contribution in [3.05, 3.63) is 58.6 Å². The van der Waals surface area contributed by atoms with Crippen LogP contribution in [0.3, 0.4) is 0 Å². The molecule has 2 aromatic carbocycles. The highest BCUT2D eigenvalue weighted by Crippen LogP contribution is 2.28. The van der Waals surface area contributed by atoms with Crippen LogP contribution in [0.5, 0.6) is 11.5 Å². The van der Waals surface area contributed by atoms with Crippen LogP contribution in [0, 0.1) is 0 Å². The molecular weight excluding hydrogens is 326 g/mol. The molecule has 1 unspecified atom stereocenters. The summed E-state index contributed by atoms with van der Waals surface area (Å²) in [5, 5.41) is 14.3. The van der Waals surface area contributed by atoms with E-state index in [1.165, 1.54) is 0 Å². The minimum absolute atomic E-state index is 0.213. The Balaban J connectivity index is 1.88. The van der Waals surface area contributed by atoms with Gasteiger partial charge in [-0.3, -0.25) is 0 Å². The van der Waals surface area contributed by atoms with Crippen molar-refractivity contribution < 1.29 is 14.6 Å². The van der Waals surface area contributed by atoms with Crippen LogP contribution < -0.4 is 14.8 Å². The zero-order valence-corrected chi connectivity index (χ0v) is 15.0. The fourth-order valence-corrected chi connectivity index (χ4v) is 2.67. The number of methoxy groups -OCH3 is 2. The van der Waals surface area contributed by atoms with Crippen LogP contribution in [0.4, 0.5) is 0 Å². The van der Waals surface area contributed by atoms with Gasteiger partial charge in [0, 0.05) is 17.6 Å². The van der Waals surface area contributed by atoms with Crippen molar-refractivity contribution >= 4 is 11.6 Å². The van der Waals surface area contributed by atoms with Gasteiger partial charge in [0.15, 0.2) is 11.5 Å². The molecule has 2 aromatic rings. The summed E-state index contributed by atoms with van der Waals surface area (Å²) in [7, 11) is 3.26. The van der Waals surface area contributed by atoms with Crippen LogP contribution in [0.15, 0.2) is 42.5 Å². The number of benzene rings is 2. The van der Waals surface area contributed by atoms with E-state index < -0.39 is 6.10 Å². The van der Waals surface area contributed by atoms with Crippen molar-refractivity contribution in [3.63, 3.8) is 0 Å². The maximum Gasteiger partial charge on any atom is 0.160 e. The van der Waals surface area contributed by atoms with E-state index in [1.54, 1.807) is 26.4 Å². The van der Waals surface area contributed by atoms with Crippen molar-refractivity contribution in [1.82, 2.24) is 5.32 Å². The fourth-order valence-electron chi connectivity index (χ4n) is 2.55. The lowest BCUT2D eigenvalue weighted by Crippen LogP contribution is -2.32. The fraction of sp³-hybridized carbons (Fsp3) is 0.368. The van der Waals surface area contributed by atoms with Gasteiger partial charge in [0.2, 0.25) is 0 Å². The minimum Gasteiger partial charge on any atom is -0.493 e. The van der Waals surface area contributed by atoms with Crippen molar-refractivity contribution in [1.29, 1.82) is 0 Å². The summed E-state index contributed by atoms with van der Waals surface area (Å²) >= 11 is 5.86. The molecule has 0 heterocycles. The maximum atomic E-state index is 10.2. The Labute approximate surface area is 148 Å². The largest absolute Gasteiger partial charge is 0.493 e. The summed E-state index contributed by atoms with van der Waals surface area (Å²) in [4.78, 5) is 0. The first-order valence-electron chi connectivity index (χ1n) is 7.91. The van der Waals surface area contributed by atoms with Crippen LogP contribution >= 0.6 is 11.6 Å². The predicted molar refractivity (Wildman–Crippen MR) is 97.1 cm³/mol. The molecule has 0 aromatic heterocycles. The van der Waals surface area contributed by atoms with Crippen LogP contribution in [-0.4, -0.2) is 31.9 Å². The Morgan fingerprint density at radius 2 is 1.71 bits per heavy atom. The molecule has 5 heteroatoms. The Kier molecular flexibility index (Phi) is 6.91. The van der Waals surface area contributed by atoms with Gasteiger partial charge in [0.05, 0.1) is 20.3 Å². The molecule has 4 nitrogen and oxygen atoms in total. The van der Waals surface area contributed by atoms with E-state index in [1.807, 2.05) is 30.3 Å². The van der Waals surface area contributed by atoms with Crippen LogP contribution in [-0.2, 0) is 6.42 Å². The second-order valence-corrected chi connectivity index (χ2v) is 6.21. The molecule has 0 aliphatic heterocycles. The van der Waals surface area contributed by atoms with E-state index in [2.05, 4.69) is 12.2 Å². The molecule has 2 rings (SSSR count). The summed E-state index contributed by atoms with van der Waals surface area (Å²) in [5.41, 5.74) is 2.00. The molecule has 2 atom stereocenters. The van der Waals surface area contributed by atoms with Crippen LogP contribution in [0.25, 0.3) is 0 Å². The van der Waals surface area contributed by atoms with Crippen molar-refractivity contribution in [2.24, 2.45) is 0 Å². The molecule has 2 N–H and O–H groups in total. The van der Waals surface area contributed by atoms with Gasteiger partial charge in [-0.15, -0.1) is 0 Å². The summed E-state index contributed by atoms with van der Waals surface area (Å²) in [6.07, 6.45) is 0.267. The second-order valence-electron chi connectivity index (χ2n) is 5.77. The highest BCUT2D eigenvalue weighted by atomic mass is 35.5. The van der Waals surface area contributed by atoms with E-state index in [0.29, 0.717) is 11.6 Å². The quantitative estimate of drug-likeness (QED) is 0.764. The van der Waals surface area contributed by atoms with Gasteiger partial charge < -0.3 is 19.9 Å². The number of nitrogens with one attached hydrogen (secondary N) is 1. The first kappa shape index (κ1) is 18.6. The Morgan fingerprint density at radius 3 is 2.33 bits per heavy atom. The highest BCUT2D eigenvalue weighted by Gasteiger charge is 2.11. The molecule has 0 spiro atoms. The van der Waals surface area contributed by atoms with Crippen molar-refractivity contribution in [2.75, 3.05) is 20.8 Å². The molecule has 130 valence electrons. The molecule has 24 heavy (non-hydrogen) atoms. The standard InChI is InChI=1S/C19H24ClNO3/c1-13(10-14-4-9-18(23-2)19(11-14)24-3)21-12-17(22)15-5-7-16(20)8-6-15/h4-9,11,13,17,21-22H,10,12H2,1-3H3/t13?,17-/m0/s1. The van der Waals surface area contributed by atoms with Crippen LogP contribution in [0.2, 0.25) is 5.02 Å². The summed E-state index contributed by atoms with van der Waals surface area (Å²) < 4.78 is 10.6. The van der Waals surface area contributed by atoms with Gasteiger partial charge >= 0.3 is 0 Å². The van der Waals surface area contributed by atoms with Gasteiger partial charge in [-0.2, -0.15) is 0 Å². The topological polar surface area (TPSA) is 50.7 Å². The van der Waals surface area contributed by atoms with Crippen molar-refractivity contribution in [2.45, 2.75) is 25.5 Å². The van der Waals surface area contributed by atoms with Gasteiger partial charge in [0.25, 0.3) is 0 Å². The second kappa shape index (κ2) is 8.92. The maximum absolute atomic E-state index is 10.2. The Hall–Kier alpha value is -1.75. The molecule has 0 fully saturated rings. The molecule has 0 saturated heterocycles. The van der Waals surface area contributed by atoms with E-state index in [0.717, 1.165) is 29.0 Å². The molecular formula is C19H24ClNO3. The van der Waals surface area contributed by atoms with Crippen molar-refractivity contribution in [3.8, 4) is 11.5 Å². The van der Waals surface area contributed by atoms with E-state index in [9.17, 15) is 5.11 Å². The monoisotopic (exact) mass is 349 g/mol. The number of hydrogen-bond acceptors (Lipinski definition) is 4. The lowest BCUT2D eigenvalue weighted by Gasteiger charge is -2.18. The smallest absolute Gasteiger partial charge is 0.160 e. The molecule has 0 aliphatic rings. The third kappa shape index (κ3) is 5.13. The van der Waals surface area contributed by atoms with E-state index in [-0.39, 0.29) is 6.04 Å². The van der Waals surface area contributed by atoms with Gasteiger partial charge in [-0.25, -0.2) is 0 Å². The van der Waals surface area contributed by atoms with E-state index >= 15 is 0 Å². The summed E-state index contributed by atoms with van der Waals surface area (Å²) in [5.74, 6) is 1.45. The number of ether oxygens (including phenoxy) is 2. The van der Waals surface area contributed by atoms with Crippen LogP contribution in [0.1, 0.15) is 24.2 Å². The number of aliphatic hydroxyl groups excluding tert-OH is 1. The molecule has 0 aliphatic carbocycles. The zero-order valence-electron chi connectivity index (χ0n) is 14.3. The number of aliphatic hydroxyl groups is 1. The van der Waals surface area contributed by atoms with E-state index in [4.69, 9.17) is 21.1 Å². The third-order valence-electron chi connectivity index (χ3n) is 3.90. The number of rotatable bonds is 8. The lowest BCUT2D eigenvalue weighted by atomic mass is 10.1. The first-order chi connectivity index (χ1) is 11.5. The number of hydrogen-bond donors (Lipinski definition) is 2. The average Bonchev–Trinajstić information content (AvgIpc) is 2.60. The third-order valence-corrected chi connectivity index (χ3v) is 4.16. The minimum atomic E-state index is -0.560. The number of halogens is 1. The highest BCUT2D eigenvalue weighted by molar-refractivity contribution is 6.30. The van der Waals surface area contributed by atoms with Gasteiger partial charge in [-0.05, 0) is 48.7 Å². The Morgan fingerprint density at radius 1 is 1.04 bits per heavy atom. The Bertz CT molecular complexity index is 646. The predicted octanol–water partition coefficient (Wildman–Crippen LogP) is 3.61. The first-order valence-corrected chi connectivity index (χ1v) is 8.29. The molecule has 0 amide bonds. The molecule has 0 bridgehead atoms. The normalized spacial score (nSPS) is 13.4. The average molecular weight is 350 g/mol. The lowest BCUT2D eigenvalue weighted by molar-refractivity contribution is 0.170. The van der Waals surface area contributed by atoms with Gasteiger partial charge in [-0.1, -0.05) is 29.8 Å².